The monoisotopic (exact) mass is 251 g/mol. The predicted molar refractivity (Wildman–Crippen MR) is 63.4 cm³/mol. The second kappa shape index (κ2) is 3.92. The van der Waals surface area contributed by atoms with Gasteiger partial charge in [-0.2, -0.15) is 5.26 Å². The summed E-state index contributed by atoms with van der Waals surface area (Å²) in [4.78, 5) is 12.1. The molecule has 0 saturated carbocycles. The molecule has 7 heteroatoms. The highest BCUT2D eigenvalue weighted by Crippen LogP contribution is 2.38. The lowest BCUT2D eigenvalue weighted by atomic mass is 10.3. The number of nitrogen functional groups attached to an aromatic ring is 1. The van der Waals surface area contributed by atoms with Crippen molar-refractivity contribution < 1.29 is 4.92 Å². The maximum Gasteiger partial charge on any atom is 0.324 e. The van der Waals surface area contributed by atoms with Gasteiger partial charge in [0.05, 0.1) is 15.5 Å². The largest absolute Gasteiger partial charge is 0.397 e. The van der Waals surface area contributed by atoms with E-state index >= 15 is 0 Å². The Bertz CT molecular complexity index is 594. The molecule has 0 amide bonds. The molecule has 2 heterocycles. The number of nitro groups is 1. The van der Waals surface area contributed by atoms with Gasteiger partial charge in [-0.1, -0.05) is 11.3 Å². The van der Waals surface area contributed by atoms with Crippen LogP contribution in [-0.4, -0.2) is 4.92 Å². The third kappa shape index (κ3) is 1.76. The van der Waals surface area contributed by atoms with Crippen molar-refractivity contribution in [1.82, 2.24) is 0 Å². The van der Waals surface area contributed by atoms with E-state index < -0.39 is 4.92 Å². The molecule has 2 N–H and O–H groups in total. The zero-order chi connectivity index (χ0) is 11.7. The average molecular weight is 251 g/mol. The molecule has 2 aromatic rings. The summed E-state index contributed by atoms with van der Waals surface area (Å²) in [6.07, 6.45) is 0. The van der Waals surface area contributed by atoms with E-state index in [0.29, 0.717) is 10.6 Å². The van der Waals surface area contributed by atoms with Crippen LogP contribution >= 0.6 is 22.7 Å². The summed E-state index contributed by atoms with van der Waals surface area (Å²) in [7, 11) is 0. The quantitative estimate of drug-likeness (QED) is 0.656. The van der Waals surface area contributed by atoms with Gasteiger partial charge in [0.2, 0.25) is 0 Å². The van der Waals surface area contributed by atoms with Crippen molar-refractivity contribution >= 4 is 33.4 Å². The number of hydrogen-bond acceptors (Lipinski definition) is 6. The molecule has 0 aliphatic carbocycles. The molecule has 0 aliphatic rings. The fraction of sp³-hybridized carbons (Fsp3) is 0. The summed E-state index contributed by atoms with van der Waals surface area (Å²) in [6, 6.07) is 6.75. The first-order chi connectivity index (χ1) is 7.61. The first-order valence-corrected chi connectivity index (χ1v) is 5.79. The minimum absolute atomic E-state index is 0.0838. The fourth-order valence-corrected chi connectivity index (χ4v) is 2.95. The zero-order valence-corrected chi connectivity index (χ0v) is 9.47. The highest BCUT2D eigenvalue weighted by atomic mass is 32.1. The van der Waals surface area contributed by atoms with E-state index in [-0.39, 0.29) is 5.00 Å². The summed E-state index contributed by atoms with van der Waals surface area (Å²) in [6.45, 7) is 0. The van der Waals surface area contributed by atoms with Gasteiger partial charge in [-0.15, -0.1) is 11.3 Å². The Morgan fingerprint density at radius 1 is 1.38 bits per heavy atom. The second-order valence-electron chi connectivity index (χ2n) is 2.90. The number of nitriles is 1. The van der Waals surface area contributed by atoms with E-state index in [4.69, 9.17) is 11.0 Å². The summed E-state index contributed by atoms with van der Waals surface area (Å²) in [5.41, 5.74) is 6.03. The van der Waals surface area contributed by atoms with Crippen molar-refractivity contribution in [3.8, 4) is 15.8 Å². The molecule has 0 fully saturated rings. The van der Waals surface area contributed by atoms with Gasteiger partial charge in [-0.3, -0.25) is 10.1 Å². The van der Waals surface area contributed by atoms with Gasteiger partial charge in [0, 0.05) is 10.9 Å². The van der Waals surface area contributed by atoms with Gasteiger partial charge in [0.15, 0.2) is 0 Å². The first-order valence-electron chi connectivity index (χ1n) is 4.16. The maximum atomic E-state index is 10.5. The molecule has 0 aromatic carbocycles. The van der Waals surface area contributed by atoms with E-state index in [1.54, 1.807) is 12.1 Å². The molecule has 0 atom stereocenters. The molecule has 0 aliphatic heterocycles. The Labute approximate surface area is 98.5 Å². The molecule has 16 heavy (non-hydrogen) atoms. The van der Waals surface area contributed by atoms with Crippen LogP contribution in [0.2, 0.25) is 0 Å². The summed E-state index contributed by atoms with van der Waals surface area (Å²) >= 11 is 2.31. The van der Waals surface area contributed by atoms with E-state index in [9.17, 15) is 10.1 Å². The molecule has 0 spiro atoms. The van der Waals surface area contributed by atoms with Crippen LogP contribution in [0.5, 0.6) is 0 Å². The molecule has 2 rings (SSSR count). The summed E-state index contributed by atoms with van der Waals surface area (Å²) in [5.74, 6) is 0. The van der Waals surface area contributed by atoms with Crippen molar-refractivity contribution in [3.63, 3.8) is 0 Å². The number of anilines is 1. The van der Waals surface area contributed by atoms with Crippen LogP contribution in [0.4, 0.5) is 10.7 Å². The van der Waals surface area contributed by atoms with E-state index in [1.165, 1.54) is 17.4 Å². The molecule has 0 unspecified atom stereocenters. The lowest BCUT2D eigenvalue weighted by Crippen LogP contribution is -1.81. The van der Waals surface area contributed by atoms with Crippen LogP contribution in [0.3, 0.4) is 0 Å². The second-order valence-corrected chi connectivity index (χ2v) is 5.02. The smallest absolute Gasteiger partial charge is 0.324 e. The highest BCUT2D eigenvalue weighted by Gasteiger charge is 2.14. The molecule has 5 nitrogen and oxygen atoms in total. The van der Waals surface area contributed by atoms with Gasteiger partial charge in [-0.05, 0) is 12.1 Å². The molecular weight excluding hydrogens is 246 g/mol. The third-order valence-corrected chi connectivity index (χ3v) is 4.17. The van der Waals surface area contributed by atoms with E-state index in [1.807, 2.05) is 6.07 Å². The van der Waals surface area contributed by atoms with Gasteiger partial charge >= 0.3 is 5.00 Å². The molecule has 2 aromatic heterocycles. The lowest BCUT2D eigenvalue weighted by molar-refractivity contribution is -0.380. The Morgan fingerprint density at radius 2 is 2.12 bits per heavy atom. The molecule has 0 saturated heterocycles. The SMILES string of the molecule is N#Cc1sc(-c2ccc([N+](=O)[O-])s2)cc1N. The number of hydrogen-bond donors (Lipinski definition) is 1. The molecule has 0 radical (unpaired) electrons. The van der Waals surface area contributed by atoms with Crippen LogP contribution in [-0.2, 0) is 0 Å². The lowest BCUT2D eigenvalue weighted by Gasteiger charge is -1.86. The third-order valence-electron chi connectivity index (χ3n) is 1.88. The maximum absolute atomic E-state index is 10.5. The van der Waals surface area contributed by atoms with Crippen molar-refractivity contribution in [3.05, 3.63) is 33.2 Å². The zero-order valence-electron chi connectivity index (χ0n) is 7.84. The number of rotatable bonds is 2. The summed E-state index contributed by atoms with van der Waals surface area (Å²) in [5, 5.41) is 19.3. The predicted octanol–water partition coefficient (Wildman–Crippen LogP) is 2.84. The van der Waals surface area contributed by atoms with Crippen molar-refractivity contribution in [2.24, 2.45) is 0 Å². The van der Waals surface area contributed by atoms with Gasteiger partial charge in [-0.25, -0.2) is 0 Å². The minimum Gasteiger partial charge on any atom is -0.397 e. The topological polar surface area (TPSA) is 92.9 Å². The van der Waals surface area contributed by atoms with Gasteiger partial charge in [0.25, 0.3) is 0 Å². The standard InChI is InChI=1S/C9H5N3O2S2/c10-4-8-5(11)3-7(15-8)6-1-2-9(16-6)12(13)14/h1-3H,11H2. The molecular formula is C9H5N3O2S2. The Balaban J connectivity index is 2.43. The highest BCUT2D eigenvalue weighted by molar-refractivity contribution is 7.24. The van der Waals surface area contributed by atoms with E-state index in [2.05, 4.69) is 0 Å². The fourth-order valence-electron chi connectivity index (χ4n) is 1.17. The number of nitrogens with two attached hydrogens (primary N) is 1. The average Bonchev–Trinajstić information content (AvgIpc) is 2.83. The number of thiophene rings is 2. The van der Waals surface area contributed by atoms with Crippen molar-refractivity contribution in [2.45, 2.75) is 0 Å². The molecule has 80 valence electrons. The van der Waals surface area contributed by atoms with Crippen LogP contribution in [0.25, 0.3) is 9.75 Å². The number of nitrogens with zero attached hydrogens (tertiary/aromatic N) is 2. The van der Waals surface area contributed by atoms with Gasteiger partial charge in [0.1, 0.15) is 10.9 Å². The van der Waals surface area contributed by atoms with Crippen LogP contribution < -0.4 is 5.73 Å². The first kappa shape index (κ1) is 10.6. The van der Waals surface area contributed by atoms with Crippen molar-refractivity contribution in [2.75, 3.05) is 5.73 Å². The normalized spacial score (nSPS) is 9.94. The van der Waals surface area contributed by atoms with Crippen LogP contribution in [0.1, 0.15) is 4.88 Å². The minimum atomic E-state index is -0.434. The summed E-state index contributed by atoms with van der Waals surface area (Å²) < 4.78 is 0. The molecule has 0 bridgehead atoms. The van der Waals surface area contributed by atoms with Crippen LogP contribution in [0, 0.1) is 21.4 Å². The van der Waals surface area contributed by atoms with Crippen molar-refractivity contribution in [1.29, 1.82) is 5.26 Å². The van der Waals surface area contributed by atoms with Crippen LogP contribution in [0.15, 0.2) is 18.2 Å². The van der Waals surface area contributed by atoms with Gasteiger partial charge < -0.3 is 5.73 Å². The Kier molecular flexibility index (Phi) is 2.60. The Morgan fingerprint density at radius 3 is 2.62 bits per heavy atom. The van der Waals surface area contributed by atoms with E-state index in [0.717, 1.165) is 21.1 Å². The Hall–Kier alpha value is -1.91.